The Morgan fingerprint density at radius 1 is 1.33 bits per heavy atom. The largest absolute Gasteiger partial charge is 0.481 e. The number of aryl methyl sites for hydroxylation is 1. The molecule has 0 radical (unpaired) electrons. The molecule has 0 saturated heterocycles. The van der Waals surface area contributed by atoms with Crippen molar-refractivity contribution in [3.05, 3.63) is 23.4 Å². The molecule has 0 aliphatic heterocycles. The van der Waals surface area contributed by atoms with Crippen LogP contribution in [0.1, 0.15) is 41.7 Å². The van der Waals surface area contributed by atoms with Gasteiger partial charge in [-0.05, 0) is 50.7 Å². The van der Waals surface area contributed by atoms with Crippen LogP contribution >= 0.6 is 0 Å². The van der Waals surface area contributed by atoms with Crippen LogP contribution in [0.15, 0.2) is 12.1 Å². The van der Waals surface area contributed by atoms with Crippen molar-refractivity contribution in [3.63, 3.8) is 0 Å². The highest BCUT2D eigenvalue weighted by Crippen LogP contribution is 2.29. The SMILES string of the molecule is Cc1cc(C(N)=O)cc(NCC2CCC(C(=O)O)CC2)n1. The smallest absolute Gasteiger partial charge is 0.306 e. The molecule has 4 N–H and O–H groups in total. The van der Waals surface area contributed by atoms with Gasteiger partial charge in [0.1, 0.15) is 5.82 Å². The van der Waals surface area contributed by atoms with Gasteiger partial charge in [-0.15, -0.1) is 0 Å². The van der Waals surface area contributed by atoms with Gasteiger partial charge in [0.2, 0.25) is 5.91 Å². The van der Waals surface area contributed by atoms with Crippen molar-refractivity contribution in [1.29, 1.82) is 0 Å². The molecule has 0 spiro atoms. The van der Waals surface area contributed by atoms with Crippen LogP contribution in [0.4, 0.5) is 5.82 Å². The van der Waals surface area contributed by atoms with Crippen LogP contribution in [0.3, 0.4) is 0 Å². The van der Waals surface area contributed by atoms with Crippen molar-refractivity contribution < 1.29 is 14.7 Å². The highest BCUT2D eigenvalue weighted by molar-refractivity contribution is 5.93. The van der Waals surface area contributed by atoms with Crippen LogP contribution < -0.4 is 11.1 Å². The number of carbonyl (C=O) groups is 2. The first-order valence-corrected chi connectivity index (χ1v) is 7.21. The molecule has 1 amide bonds. The van der Waals surface area contributed by atoms with Crippen LogP contribution in [0.5, 0.6) is 0 Å². The fraction of sp³-hybridized carbons (Fsp3) is 0.533. The van der Waals surface area contributed by atoms with E-state index in [0.717, 1.165) is 37.9 Å². The third kappa shape index (κ3) is 4.18. The van der Waals surface area contributed by atoms with Gasteiger partial charge in [-0.25, -0.2) is 4.98 Å². The molecule has 6 nitrogen and oxygen atoms in total. The maximum Gasteiger partial charge on any atom is 0.306 e. The fourth-order valence-electron chi connectivity index (χ4n) is 2.76. The van der Waals surface area contributed by atoms with Crippen LogP contribution in [0, 0.1) is 18.8 Å². The zero-order valence-electron chi connectivity index (χ0n) is 12.1. The van der Waals surface area contributed by atoms with E-state index in [2.05, 4.69) is 10.3 Å². The Morgan fingerprint density at radius 3 is 2.57 bits per heavy atom. The maximum atomic E-state index is 11.2. The number of nitrogens with zero attached hydrogens (tertiary/aromatic N) is 1. The minimum atomic E-state index is -0.687. The van der Waals surface area contributed by atoms with Gasteiger partial charge in [-0.2, -0.15) is 0 Å². The van der Waals surface area contributed by atoms with E-state index in [0.29, 0.717) is 17.3 Å². The van der Waals surface area contributed by atoms with Crippen molar-refractivity contribution in [2.45, 2.75) is 32.6 Å². The number of aromatic nitrogens is 1. The molecule has 0 atom stereocenters. The Hall–Kier alpha value is -2.11. The number of carbonyl (C=O) groups excluding carboxylic acids is 1. The van der Waals surface area contributed by atoms with Gasteiger partial charge >= 0.3 is 5.97 Å². The normalized spacial score (nSPS) is 21.8. The van der Waals surface area contributed by atoms with Gasteiger partial charge in [0.25, 0.3) is 0 Å². The van der Waals surface area contributed by atoms with Crippen LogP contribution in [0.25, 0.3) is 0 Å². The number of hydrogen-bond donors (Lipinski definition) is 3. The summed E-state index contributed by atoms with van der Waals surface area (Å²) < 4.78 is 0. The molecule has 1 aliphatic carbocycles. The van der Waals surface area contributed by atoms with Crippen molar-refractivity contribution >= 4 is 17.7 Å². The Morgan fingerprint density at radius 2 is 2.00 bits per heavy atom. The van der Waals surface area contributed by atoms with Gasteiger partial charge in [-0.1, -0.05) is 0 Å². The van der Waals surface area contributed by atoms with E-state index in [-0.39, 0.29) is 5.92 Å². The summed E-state index contributed by atoms with van der Waals surface area (Å²) in [5.74, 6) is -0.262. The molecule has 2 rings (SSSR count). The fourth-order valence-corrected chi connectivity index (χ4v) is 2.76. The van der Waals surface area contributed by atoms with E-state index in [1.54, 1.807) is 12.1 Å². The molecule has 1 saturated carbocycles. The molecule has 6 heteroatoms. The molecule has 114 valence electrons. The summed E-state index contributed by atoms with van der Waals surface area (Å²) in [7, 11) is 0. The van der Waals surface area contributed by atoms with Gasteiger partial charge in [0.05, 0.1) is 5.92 Å². The predicted octanol–water partition coefficient (Wildman–Crippen LogP) is 1.79. The standard InChI is InChI=1S/C15H21N3O3/c1-9-6-12(14(16)19)7-13(18-9)17-8-10-2-4-11(5-3-10)15(20)21/h6-7,10-11H,2-5,8H2,1H3,(H2,16,19)(H,17,18)(H,20,21). The number of anilines is 1. The lowest BCUT2D eigenvalue weighted by Crippen LogP contribution is -2.25. The summed E-state index contributed by atoms with van der Waals surface area (Å²) in [5, 5.41) is 12.2. The average molecular weight is 291 g/mol. The first-order chi connectivity index (χ1) is 9.95. The minimum Gasteiger partial charge on any atom is -0.481 e. The van der Waals surface area contributed by atoms with E-state index < -0.39 is 11.9 Å². The number of primary amides is 1. The first-order valence-electron chi connectivity index (χ1n) is 7.21. The summed E-state index contributed by atoms with van der Waals surface area (Å²) >= 11 is 0. The van der Waals surface area contributed by atoms with Crippen molar-refractivity contribution in [2.75, 3.05) is 11.9 Å². The Bertz CT molecular complexity index is 537. The number of rotatable bonds is 5. The molecule has 0 aromatic carbocycles. The van der Waals surface area contributed by atoms with E-state index >= 15 is 0 Å². The summed E-state index contributed by atoms with van der Waals surface area (Å²) in [6.07, 6.45) is 3.27. The molecule has 1 aromatic rings. The molecular formula is C15H21N3O3. The lowest BCUT2D eigenvalue weighted by Gasteiger charge is -2.26. The van der Waals surface area contributed by atoms with Crippen molar-refractivity contribution in [3.8, 4) is 0 Å². The zero-order valence-corrected chi connectivity index (χ0v) is 12.1. The molecule has 1 heterocycles. The monoisotopic (exact) mass is 291 g/mol. The summed E-state index contributed by atoms with van der Waals surface area (Å²) in [6, 6.07) is 3.31. The first kappa shape index (κ1) is 15.3. The highest BCUT2D eigenvalue weighted by atomic mass is 16.4. The Balaban J connectivity index is 1.89. The van der Waals surface area contributed by atoms with E-state index in [9.17, 15) is 9.59 Å². The number of pyridine rings is 1. The number of carboxylic acids is 1. The van der Waals surface area contributed by atoms with Gasteiger partial charge in [-0.3, -0.25) is 9.59 Å². The number of nitrogens with one attached hydrogen (secondary N) is 1. The highest BCUT2D eigenvalue weighted by Gasteiger charge is 2.25. The van der Waals surface area contributed by atoms with Crippen LogP contribution in [0.2, 0.25) is 0 Å². The second-order valence-corrected chi connectivity index (χ2v) is 5.68. The molecular weight excluding hydrogens is 270 g/mol. The number of nitrogens with two attached hydrogens (primary N) is 1. The van der Waals surface area contributed by atoms with Crippen LogP contribution in [-0.2, 0) is 4.79 Å². The van der Waals surface area contributed by atoms with Gasteiger partial charge in [0.15, 0.2) is 0 Å². The second kappa shape index (κ2) is 6.56. The maximum absolute atomic E-state index is 11.2. The lowest BCUT2D eigenvalue weighted by molar-refractivity contribution is -0.143. The molecule has 21 heavy (non-hydrogen) atoms. The van der Waals surface area contributed by atoms with Crippen molar-refractivity contribution in [1.82, 2.24) is 4.98 Å². The number of carboxylic acid groups (broad SMARTS) is 1. The molecule has 1 aliphatic rings. The minimum absolute atomic E-state index is 0.195. The quantitative estimate of drug-likeness (QED) is 0.767. The topological polar surface area (TPSA) is 105 Å². The molecule has 0 unspecified atom stereocenters. The molecule has 1 fully saturated rings. The summed E-state index contributed by atoms with van der Waals surface area (Å²) in [6.45, 7) is 2.55. The van der Waals surface area contributed by atoms with E-state index in [4.69, 9.17) is 10.8 Å². The Kier molecular flexibility index (Phi) is 4.77. The third-order valence-corrected chi connectivity index (χ3v) is 4.01. The number of amides is 1. The number of aliphatic carboxylic acids is 1. The summed E-state index contributed by atoms with van der Waals surface area (Å²) in [5.41, 5.74) is 6.47. The average Bonchev–Trinajstić information content (AvgIpc) is 2.45. The van der Waals surface area contributed by atoms with Gasteiger partial charge < -0.3 is 16.2 Å². The lowest BCUT2D eigenvalue weighted by atomic mass is 9.82. The Labute approximate surface area is 123 Å². The van der Waals surface area contributed by atoms with E-state index in [1.165, 1.54) is 0 Å². The van der Waals surface area contributed by atoms with Gasteiger partial charge in [0, 0.05) is 17.8 Å². The third-order valence-electron chi connectivity index (χ3n) is 4.01. The molecule has 1 aromatic heterocycles. The zero-order chi connectivity index (χ0) is 15.4. The predicted molar refractivity (Wildman–Crippen MR) is 79.1 cm³/mol. The second-order valence-electron chi connectivity index (χ2n) is 5.68. The number of hydrogen-bond acceptors (Lipinski definition) is 4. The van der Waals surface area contributed by atoms with E-state index in [1.807, 2.05) is 6.92 Å². The molecule has 0 bridgehead atoms. The summed E-state index contributed by atoms with van der Waals surface area (Å²) in [4.78, 5) is 26.5. The van der Waals surface area contributed by atoms with Crippen molar-refractivity contribution in [2.24, 2.45) is 17.6 Å². The van der Waals surface area contributed by atoms with Crippen LogP contribution in [-0.4, -0.2) is 28.5 Å².